The predicted octanol–water partition coefficient (Wildman–Crippen LogP) is 0.970. The zero-order valence-electron chi connectivity index (χ0n) is 13.6. The molecule has 0 saturated carbocycles. The van der Waals surface area contributed by atoms with Gasteiger partial charge in [-0.3, -0.25) is 9.59 Å². The average molecular weight is 333 g/mol. The number of amides is 2. The first-order valence-electron chi connectivity index (χ1n) is 7.72. The van der Waals surface area contributed by atoms with E-state index in [0.29, 0.717) is 17.5 Å². The lowest BCUT2D eigenvalue weighted by Crippen LogP contribution is -2.32. The molecule has 1 fully saturated rings. The number of nitrogens with one attached hydrogen (secondary N) is 1. The molecule has 1 aliphatic rings. The Hall–Kier alpha value is -2.84. The van der Waals surface area contributed by atoms with Gasteiger partial charge in [-0.2, -0.15) is 5.10 Å². The Bertz CT molecular complexity index is 745. The molecule has 9 heteroatoms. The molecule has 0 bridgehead atoms. The summed E-state index contributed by atoms with van der Waals surface area (Å²) < 4.78 is 11.8. The third-order valence-electron chi connectivity index (χ3n) is 3.74. The summed E-state index contributed by atoms with van der Waals surface area (Å²) in [5.74, 6) is 0.770. The molecule has 24 heavy (non-hydrogen) atoms. The summed E-state index contributed by atoms with van der Waals surface area (Å²) in [6.07, 6.45) is 2.06. The van der Waals surface area contributed by atoms with Gasteiger partial charge in [0.25, 0.3) is 11.8 Å². The Morgan fingerprint density at radius 2 is 2.08 bits per heavy atom. The van der Waals surface area contributed by atoms with Gasteiger partial charge in [-0.05, 0) is 19.8 Å². The van der Waals surface area contributed by atoms with Crippen LogP contribution in [0.25, 0.3) is 0 Å². The highest BCUT2D eigenvalue weighted by Crippen LogP contribution is 2.15. The summed E-state index contributed by atoms with van der Waals surface area (Å²) in [5.41, 5.74) is 0.168. The summed E-state index contributed by atoms with van der Waals surface area (Å²) in [7, 11) is 1.65. The molecule has 0 atom stereocenters. The maximum absolute atomic E-state index is 12.1. The van der Waals surface area contributed by atoms with Crippen molar-refractivity contribution in [2.75, 3.05) is 25.0 Å². The fourth-order valence-electron chi connectivity index (χ4n) is 2.50. The maximum Gasteiger partial charge on any atom is 0.277 e. The Morgan fingerprint density at radius 1 is 1.33 bits per heavy atom. The molecule has 0 aliphatic carbocycles. The molecule has 1 aliphatic heterocycles. The molecule has 0 aromatic carbocycles. The van der Waals surface area contributed by atoms with E-state index in [-0.39, 0.29) is 18.2 Å². The van der Waals surface area contributed by atoms with Crippen LogP contribution in [0, 0.1) is 6.92 Å². The third-order valence-corrected chi connectivity index (χ3v) is 3.74. The fraction of sp³-hybridized carbons (Fsp3) is 0.467. The minimum Gasteiger partial charge on any atom is -0.468 e. The number of ether oxygens (including phenoxy) is 1. The van der Waals surface area contributed by atoms with E-state index in [2.05, 4.69) is 15.6 Å². The van der Waals surface area contributed by atoms with E-state index in [0.717, 1.165) is 25.9 Å². The summed E-state index contributed by atoms with van der Waals surface area (Å²) in [4.78, 5) is 25.9. The van der Waals surface area contributed by atoms with Crippen molar-refractivity contribution in [3.05, 3.63) is 23.6 Å². The molecular weight excluding hydrogens is 314 g/mol. The normalized spacial score (nSPS) is 14.0. The van der Waals surface area contributed by atoms with Crippen LogP contribution in [0.4, 0.5) is 5.82 Å². The highest BCUT2D eigenvalue weighted by atomic mass is 16.5. The molecule has 3 rings (SSSR count). The van der Waals surface area contributed by atoms with Gasteiger partial charge >= 0.3 is 0 Å². The maximum atomic E-state index is 12.1. The third kappa shape index (κ3) is 3.55. The van der Waals surface area contributed by atoms with Gasteiger partial charge in [0.15, 0.2) is 18.1 Å². The first kappa shape index (κ1) is 16.0. The van der Waals surface area contributed by atoms with Crippen molar-refractivity contribution >= 4 is 17.6 Å². The van der Waals surface area contributed by atoms with Crippen molar-refractivity contribution in [1.82, 2.24) is 19.8 Å². The Kier molecular flexibility index (Phi) is 4.50. The van der Waals surface area contributed by atoms with E-state index in [1.54, 1.807) is 24.9 Å². The number of hydrogen-bond acceptors (Lipinski definition) is 6. The number of carbonyl (C=O) groups is 2. The quantitative estimate of drug-likeness (QED) is 0.874. The lowest BCUT2D eigenvalue weighted by molar-refractivity contribution is -0.132. The fourth-order valence-corrected chi connectivity index (χ4v) is 2.50. The van der Waals surface area contributed by atoms with Gasteiger partial charge in [0.1, 0.15) is 5.76 Å². The van der Waals surface area contributed by atoms with Crippen LogP contribution < -0.4 is 10.1 Å². The standard InChI is InChI=1S/C15H19N5O4/c1-10-7-12(18-24-10)16-15(22)11-8-14(19(2)17-11)23-9-13(21)20-5-3-4-6-20/h7-8H,3-6,9H2,1-2H3,(H,16,18,22). The molecule has 2 aromatic heterocycles. The van der Waals surface area contributed by atoms with Gasteiger partial charge in [0, 0.05) is 32.3 Å². The van der Waals surface area contributed by atoms with Crippen LogP contribution in [0.15, 0.2) is 16.7 Å². The Balaban J connectivity index is 1.59. The van der Waals surface area contributed by atoms with Gasteiger partial charge in [-0.25, -0.2) is 4.68 Å². The van der Waals surface area contributed by atoms with Gasteiger partial charge in [-0.1, -0.05) is 5.16 Å². The van der Waals surface area contributed by atoms with Crippen LogP contribution in [-0.2, 0) is 11.8 Å². The first-order valence-corrected chi connectivity index (χ1v) is 7.72. The Labute approximate surface area is 138 Å². The van der Waals surface area contributed by atoms with Crippen molar-refractivity contribution in [3.8, 4) is 5.88 Å². The number of aromatic nitrogens is 3. The van der Waals surface area contributed by atoms with E-state index in [9.17, 15) is 9.59 Å². The lowest BCUT2D eigenvalue weighted by Gasteiger charge is -2.15. The van der Waals surface area contributed by atoms with E-state index in [1.807, 2.05) is 0 Å². The predicted molar refractivity (Wildman–Crippen MR) is 83.7 cm³/mol. The monoisotopic (exact) mass is 333 g/mol. The molecule has 1 saturated heterocycles. The number of nitrogens with zero attached hydrogens (tertiary/aromatic N) is 4. The minimum absolute atomic E-state index is 0.0576. The van der Waals surface area contributed by atoms with Gasteiger partial charge in [-0.15, -0.1) is 0 Å². The molecular formula is C15H19N5O4. The van der Waals surface area contributed by atoms with E-state index < -0.39 is 5.91 Å². The SMILES string of the molecule is Cc1cc(NC(=O)c2cc(OCC(=O)N3CCCC3)n(C)n2)no1. The van der Waals surface area contributed by atoms with Gasteiger partial charge < -0.3 is 19.5 Å². The summed E-state index contributed by atoms with van der Waals surface area (Å²) in [6, 6.07) is 3.09. The van der Waals surface area contributed by atoms with Gasteiger partial charge in [0.2, 0.25) is 5.88 Å². The molecule has 9 nitrogen and oxygen atoms in total. The number of anilines is 1. The highest BCUT2D eigenvalue weighted by Gasteiger charge is 2.20. The average Bonchev–Trinajstić information content (AvgIpc) is 3.27. The van der Waals surface area contributed by atoms with E-state index >= 15 is 0 Å². The minimum atomic E-state index is -0.431. The highest BCUT2D eigenvalue weighted by molar-refractivity contribution is 6.02. The van der Waals surface area contributed by atoms with Crippen LogP contribution in [0.3, 0.4) is 0 Å². The summed E-state index contributed by atoms with van der Waals surface area (Å²) >= 11 is 0. The number of rotatable bonds is 5. The van der Waals surface area contributed by atoms with Crippen LogP contribution in [0.1, 0.15) is 29.1 Å². The van der Waals surface area contributed by atoms with Crippen LogP contribution in [0.2, 0.25) is 0 Å². The second-order valence-corrected chi connectivity index (χ2v) is 5.64. The van der Waals surface area contributed by atoms with Crippen molar-refractivity contribution < 1.29 is 18.8 Å². The van der Waals surface area contributed by atoms with Crippen LogP contribution >= 0.6 is 0 Å². The molecule has 1 N–H and O–H groups in total. The van der Waals surface area contributed by atoms with Crippen molar-refractivity contribution in [2.24, 2.45) is 7.05 Å². The lowest BCUT2D eigenvalue weighted by atomic mass is 10.4. The number of aryl methyl sites for hydroxylation is 2. The van der Waals surface area contributed by atoms with Crippen molar-refractivity contribution in [1.29, 1.82) is 0 Å². The second-order valence-electron chi connectivity index (χ2n) is 5.64. The topological polar surface area (TPSA) is 102 Å². The second kappa shape index (κ2) is 6.73. The zero-order chi connectivity index (χ0) is 17.1. The van der Waals surface area contributed by atoms with Crippen LogP contribution in [-0.4, -0.2) is 51.3 Å². The van der Waals surface area contributed by atoms with E-state index in [4.69, 9.17) is 9.26 Å². The first-order chi connectivity index (χ1) is 11.5. The number of likely N-dealkylation sites (tertiary alicyclic amines) is 1. The molecule has 0 unspecified atom stereocenters. The molecule has 2 aromatic rings. The molecule has 3 heterocycles. The van der Waals surface area contributed by atoms with E-state index in [1.165, 1.54) is 10.7 Å². The molecule has 0 spiro atoms. The van der Waals surface area contributed by atoms with Crippen molar-refractivity contribution in [2.45, 2.75) is 19.8 Å². The smallest absolute Gasteiger partial charge is 0.277 e. The number of hydrogen-bond donors (Lipinski definition) is 1. The van der Waals surface area contributed by atoms with Crippen molar-refractivity contribution in [3.63, 3.8) is 0 Å². The van der Waals surface area contributed by atoms with Crippen LogP contribution in [0.5, 0.6) is 5.88 Å². The summed E-state index contributed by atoms with van der Waals surface area (Å²) in [5, 5.41) is 10.4. The number of carbonyl (C=O) groups excluding carboxylic acids is 2. The zero-order valence-corrected chi connectivity index (χ0v) is 13.6. The largest absolute Gasteiger partial charge is 0.468 e. The molecule has 2 amide bonds. The molecule has 128 valence electrons. The molecule has 0 radical (unpaired) electrons. The summed E-state index contributed by atoms with van der Waals surface area (Å²) in [6.45, 7) is 3.21. The Morgan fingerprint density at radius 3 is 2.75 bits per heavy atom. The van der Waals surface area contributed by atoms with Gasteiger partial charge in [0.05, 0.1) is 0 Å².